The number of anilines is 1. The predicted octanol–water partition coefficient (Wildman–Crippen LogP) is 2.80. The highest BCUT2D eigenvalue weighted by molar-refractivity contribution is 7.80. The normalized spacial score (nSPS) is 11.1. The average molecular weight is 424 g/mol. The Bertz CT molecular complexity index is 1120. The van der Waals surface area contributed by atoms with E-state index in [1.54, 1.807) is 0 Å². The van der Waals surface area contributed by atoms with Crippen LogP contribution in [0.3, 0.4) is 0 Å². The smallest absolute Gasteiger partial charge is 0.253 e. The average Bonchev–Trinajstić information content (AvgIpc) is 2.68. The molecule has 0 fully saturated rings. The maximum atomic E-state index is 12.7. The van der Waals surface area contributed by atoms with Crippen LogP contribution in [0, 0.1) is 20.8 Å². The van der Waals surface area contributed by atoms with Gasteiger partial charge in [-0.05, 0) is 73.3 Å². The van der Waals surface area contributed by atoms with Crippen molar-refractivity contribution in [3.05, 3.63) is 75.1 Å². The van der Waals surface area contributed by atoms with Crippen LogP contribution in [0.15, 0.2) is 47.3 Å². The number of benzene rings is 2. The molecule has 0 radical (unpaired) electrons. The van der Waals surface area contributed by atoms with Gasteiger partial charge in [-0.25, -0.2) is 0 Å². The Balaban J connectivity index is 1.88. The van der Waals surface area contributed by atoms with Gasteiger partial charge in [0.05, 0.1) is 33.7 Å². The zero-order valence-electron chi connectivity index (χ0n) is 18.4. The van der Waals surface area contributed by atoms with Crippen LogP contribution in [-0.4, -0.2) is 42.2 Å². The standard InChI is InChI=1S/C24H30N4OS/c1-16-6-8-18(3)21(12-16)26-24(30)28(11-10-27(4)5)15-20-14-19-9-7-17(2)13-22(19)25-23(20)29/h6-9,12-14H,10-11,15H2,1-5H3,(H,25,29)(H,26,30)/p+1. The highest BCUT2D eigenvalue weighted by Gasteiger charge is 2.15. The second-order valence-electron chi connectivity index (χ2n) is 8.34. The molecule has 5 nitrogen and oxygen atoms in total. The van der Waals surface area contributed by atoms with Crippen molar-refractivity contribution < 1.29 is 4.90 Å². The third-order valence-electron chi connectivity index (χ3n) is 5.24. The van der Waals surface area contributed by atoms with Crippen molar-refractivity contribution in [3.8, 4) is 0 Å². The summed E-state index contributed by atoms with van der Waals surface area (Å²) in [4.78, 5) is 19.2. The molecule has 0 atom stereocenters. The fraction of sp³-hybridized carbons (Fsp3) is 0.333. The number of quaternary nitrogens is 1. The molecule has 2 aromatic carbocycles. The lowest BCUT2D eigenvalue weighted by Crippen LogP contribution is -3.06. The maximum absolute atomic E-state index is 12.7. The molecule has 0 bridgehead atoms. The SMILES string of the molecule is Cc1ccc(C)c(NC(=S)N(CC[NH+](C)C)Cc2cc3ccc(C)cc3[nH]c2=O)c1. The number of H-pyrrole nitrogens is 1. The molecule has 0 spiro atoms. The van der Waals surface area contributed by atoms with Crippen molar-refractivity contribution in [3.63, 3.8) is 0 Å². The van der Waals surface area contributed by atoms with Crippen molar-refractivity contribution in [1.29, 1.82) is 0 Å². The lowest BCUT2D eigenvalue weighted by molar-refractivity contribution is -0.857. The van der Waals surface area contributed by atoms with Crippen molar-refractivity contribution >= 4 is 33.9 Å². The number of nitrogens with zero attached hydrogens (tertiary/aromatic N) is 1. The summed E-state index contributed by atoms with van der Waals surface area (Å²) in [6.45, 7) is 8.28. The molecule has 1 heterocycles. The van der Waals surface area contributed by atoms with Crippen molar-refractivity contribution in [1.82, 2.24) is 9.88 Å². The summed E-state index contributed by atoms with van der Waals surface area (Å²) < 4.78 is 0. The summed E-state index contributed by atoms with van der Waals surface area (Å²) >= 11 is 5.76. The first-order chi connectivity index (χ1) is 14.2. The third-order valence-corrected chi connectivity index (χ3v) is 5.60. The van der Waals surface area contributed by atoms with Crippen LogP contribution in [0.4, 0.5) is 5.69 Å². The second-order valence-corrected chi connectivity index (χ2v) is 8.73. The summed E-state index contributed by atoms with van der Waals surface area (Å²) in [5.74, 6) is 0. The summed E-state index contributed by atoms with van der Waals surface area (Å²) in [6, 6.07) is 14.4. The van der Waals surface area contributed by atoms with Gasteiger partial charge in [-0.3, -0.25) is 4.79 Å². The molecule has 0 aliphatic carbocycles. The minimum Gasteiger partial charge on any atom is -0.339 e. The predicted molar refractivity (Wildman–Crippen MR) is 130 cm³/mol. The number of fused-ring (bicyclic) bond motifs is 1. The van der Waals surface area contributed by atoms with Gasteiger partial charge in [0, 0.05) is 16.8 Å². The van der Waals surface area contributed by atoms with E-state index < -0.39 is 0 Å². The van der Waals surface area contributed by atoms with Crippen LogP contribution in [0.2, 0.25) is 0 Å². The number of likely N-dealkylation sites (N-methyl/N-ethyl adjacent to an activating group) is 1. The zero-order valence-corrected chi connectivity index (χ0v) is 19.2. The number of rotatable bonds is 6. The highest BCUT2D eigenvalue weighted by atomic mass is 32.1. The largest absolute Gasteiger partial charge is 0.339 e. The monoisotopic (exact) mass is 423 g/mol. The summed E-state index contributed by atoms with van der Waals surface area (Å²) in [7, 11) is 4.23. The minimum atomic E-state index is -0.0650. The Morgan fingerprint density at radius 2 is 1.77 bits per heavy atom. The molecule has 0 unspecified atom stereocenters. The Hall–Kier alpha value is -2.70. The minimum absolute atomic E-state index is 0.0650. The van der Waals surface area contributed by atoms with Crippen LogP contribution in [0.1, 0.15) is 22.3 Å². The lowest BCUT2D eigenvalue weighted by atomic mass is 10.1. The molecule has 0 saturated carbocycles. The molecular weight excluding hydrogens is 392 g/mol. The molecule has 3 rings (SSSR count). The molecule has 0 aliphatic rings. The van der Waals surface area contributed by atoms with Gasteiger partial charge in [0.2, 0.25) is 0 Å². The Morgan fingerprint density at radius 3 is 2.50 bits per heavy atom. The number of aromatic amines is 1. The molecule has 3 N–H and O–H groups in total. The van der Waals surface area contributed by atoms with Crippen LogP contribution in [-0.2, 0) is 6.54 Å². The molecule has 30 heavy (non-hydrogen) atoms. The van der Waals surface area contributed by atoms with Crippen molar-refractivity contribution in [2.45, 2.75) is 27.3 Å². The van der Waals surface area contributed by atoms with Crippen LogP contribution in [0.5, 0.6) is 0 Å². The van der Waals surface area contributed by atoms with E-state index in [0.29, 0.717) is 17.2 Å². The molecule has 158 valence electrons. The summed E-state index contributed by atoms with van der Waals surface area (Å²) in [5, 5.41) is 5.06. The van der Waals surface area contributed by atoms with E-state index in [-0.39, 0.29) is 5.56 Å². The Morgan fingerprint density at radius 1 is 1.07 bits per heavy atom. The van der Waals surface area contributed by atoms with Crippen molar-refractivity contribution in [2.75, 3.05) is 32.5 Å². The van der Waals surface area contributed by atoms with Gasteiger partial charge in [-0.1, -0.05) is 24.3 Å². The molecule has 1 aromatic heterocycles. The maximum Gasteiger partial charge on any atom is 0.253 e. The number of pyridine rings is 1. The van der Waals surface area contributed by atoms with Gasteiger partial charge >= 0.3 is 0 Å². The van der Waals surface area contributed by atoms with Gasteiger partial charge in [0.1, 0.15) is 0 Å². The molecule has 6 heteroatoms. The first-order valence-corrected chi connectivity index (χ1v) is 10.7. The molecule has 3 aromatic rings. The summed E-state index contributed by atoms with van der Waals surface area (Å²) in [6.07, 6.45) is 0. The zero-order chi connectivity index (χ0) is 21.8. The van der Waals surface area contributed by atoms with Gasteiger partial charge in [0.25, 0.3) is 5.56 Å². The van der Waals surface area contributed by atoms with E-state index in [9.17, 15) is 4.79 Å². The number of hydrogen-bond donors (Lipinski definition) is 3. The van der Waals surface area contributed by atoms with E-state index in [2.05, 4.69) is 67.4 Å². The van der Waals surface area contributed by atoms with E-state index in [0.717, 1.165) is 40.8 Å². The first-order valence-electron chi connectivity index (χ1n) is 10.3. The fourth-order valence-electron chi connectivity index (χ4n) is 3.36. The van der Waals surface area contributed by atoms with E-state index in [4.69, 9.17) is 12.2 Å². The molecule has 0 saturated heterocycles. The third kappa shape index (κ3) is 5.46. The van der Waals surface area contributed by atoms with Crippen LogP contribution in [0.25, 0.3) is 10.9 Å². The quantitative estimate of drug-likeness (QED) is 0.534. The Labute approximate surface area is 183 Å². The van der Waals surface area contributed by atoms with E-state index >= 15 is 0 Å². The van der Waals surface area contributed by atoms with Crippen molar-refractivity contribution in [2.24, 2.45) is 0 Å². The molecular formula is C24H31N4OS+. The van der Waals surface area contributed by atoms with Crippen LogP contribution < -0.4 is 15.8 Å². The summed E-state index contributed by atoms with van der Waals surface area (Å²) in [5.41, 5.74) is 5.96. The van der Waals surface area contributed by atoms with Gasteiger partial charge in [-0.15, -0.1) is 0 Å². The second kappa shape index (κ2) is 9.41. The number of aryl methyl sites for hydroxylation is 3. The number of aromatic nitrogens is 1. The van der Waals surface area contributed by atoms with Gasteiger partial charge in [-0.2, -0.15) is 0 Å². The van der Waals surface area contributed by atoms with E-state index in [1.165, 1.54) is 10.5 Å². The number of thiocarbonyl (C=S) groups is 1. The highest BCUT2D eigenvalue weighted by Crippen LogP contribution is 2.18. The van der Waals surface area contributed by atoms with E-state index in [1.807, 2.05) is 25.1 Å². The number of hydrogen-bond acceptors (Lipinski definition) is 2. The Kier molecular flexibility index (Phi) is 6.90. The first kappa shape index (κ1) is 22.0. The molecule has 0 aliphatic heterocycles. The topological polar surface area (TPSA) is 52.6 Å². The number of nitrogens with one attached hydrogen (secondary N) is 3. The van der Waals surface area contributed by atoms with Gasteiger partial charge < -0.3 is 20.1 Å². The molecule has 0 amide bonds. The fourth-order valence-corrected chi connectivity index (χ4v) is 3.62. The lowest BCUT2D eigenvalue weighted by Gasteiger charge is -2.27. The van der Waals surface area contributed by atoms with Crippen LogP contribution >= 0.6 is 12.2 Å². The van der Waals surface area contributed by atoms with Gasteiger partial charge in [0.15, 0.2) is 5.11 Å².